The number of benzene rings is 1. The molecule has 1 aromatic heterocycles. The van der Waals surface area contributed by atoms with Gasteiger partial charge in [0.25, 0.3) is 0 Å². The monoisotopic (exact) mass is 299 g/mol. The van der Waals surface area contributed by atoms with Gasteiger partial charge in [0.15, 0.2) is 0 Å². The van der Waals surface area contributed by atoms with Crippen LogP contribution in [0.1, 0.15) is 44.6 Å². The molecular formula is C18H25N3O. The highest BCUT2D eigenvalue weighted by molar-refractivity contribution is 5.92. The molecule has 0 bridgehead atoms. The van der Waals surface area contributed by atoms with Crippen molar-refractivity contribution in [3.8, 4) is 0 Å². The fourth-order valence-corrected chi connectivity index (χ4v) is 2.91. The molecule has 4 nitrogen and oxygen atoms in total. The Balaban J connectivity index is 2.26. The molecule has 1 aromatic carbocycles. The van der Waals surface area contributed by atoms with Crippen LogP contribution in [-0.2, 0) is 4.79 Å². The van der Waals surface area contributed by atoms with Gasteiger partial charge in [-0.2, -0.15) is 0 Å². The van der Waals surface area contributed by atoms with E-state index in [1.54, 1.807) is 12.2 Å². The van der Waals surface area contributed by atoms with Crippen LogP contribution in [0.5, 0.6) is 0 Å². The molecule has 0 fully saturated rings. The number of hydrogen-bond acceptors (Lipinski definition) is 2. The molecule has 2 rings (SSSR count). The average molecular weight is 299 g/mol. The standard InChI is InChI=1S/C18H25N3O/c1-11(2)21(12(3)4)17(22)8-7-16-19-15-10-13(5)9-14(6)18(15)20-16/h7-12H,1-6H3,(H,19,20). The van der Waals surface area contributed by atoms with Gasteiger partial charge in [-0.25, -0.2) is 4.98 Å². The number of aryl methyl sites for hydroxylation is 2. The molecule has 4 heteroatoms. The summed E-state index contributed by atoms with van der Waals surface area (Å²) in [4.78, 5) is 22.0. The summed E-state index contributed by atoms with van der Waals surface area (Å²) in [6.07, 6.45) is 3.36. The van der Waals surface area contributed by atoms with E-state index in [0.717, 1.165) is 16.6 Å². The van der Waals surface area contributed by atoms with Gasteiger partial charge in [0, 0.05) is 18.2 Å². The Morgan fingerprint density at radius 3 is 2.41 bits per heavy atom. The molecule has 0 spiro atoms. The van der Waals surface area contributed by atoms with Crippen LogP contribution in [0.4, 0.5) is 0 Å². The molecule has 22 heavy (non-hydrogen) atoms. The van der Waals surface area contributed by atoms with Crippen LogP contribution < -0.4 is 0 Å². The molecule has 0 saturated heterocycles. The first kappa shape index (κ1) is 16.3. The number of hydrogen-bond donors (Lipinski definition) is 1. The maximum atomic E-state index is 12.3. The Morgan fingerprint density at radius 2 is 1.82 bits per heavy atom. The number of amides is 1. The maximum Gasteiger partial charge on any atom is 0.247 e. The third-order valence-corrected chi connectivity index (χ3v) is 3.69. The molecule has 0 aliphatic carbocycles. The smallest absolute Gasteiger partial charge is 0.247 e. The quantitative estimate of drug-likeness (QED) is 0.872. The van der Waals surface area contributed by atoms with Crippen molar-refractivity contribution in [1.82, 2.24) is 14.9 Å². The summed E-state index contributed by atoms with van der Waals surface area (Å²) in [6, 6.07) is 4.54. The second kappa shape index (κ2) is 6.34. The topological polar surface area (TPSA) is 49.0 Å². The summed E-state index contributed by atoms with van der Waals surface area (Å²) in [7, 11) is 0. The zero-order valence-corrected chi connectivity index (χ0v) is 14.3. The van der Waals surface area contributed by atoms with E-state index in [1.165, 1.54) is 5.56 Å². The predicted molar refractivity (Wildman–Crippen MR) is 91.7 cm³/mol. The van der Waals surface area contributed by atoms with E-state index in [0.29, 0.717) is 5.82 Å². The van der Waals surface area contributed by atoms with Crippen LogP contribution in [0.25, 0.3) is 17.1 Å². The largest absolute Gasteiger partial charge is 0.338 e. The molecular weight excluding hydrogens is 274 g/mol. The van der Waals surface area contributed by atoms with Crippen molar-refractivity contribution in [3.63, 3.8) is 0 Å². The summed E-state index contributed by atoms with van der Waals surface area (Å²) >= 11 is 0. The van der Waals surface area contributed by atoms with Gasteiger partial charge in [0.1, 0.15) is 5.82 Å². The number of H-pyrrole nitrogens is 1. The molecule has 1 N–H and O–H groups in total. The van der Waals surface area contributed by atoms with Crippen LogP contribution in [0.3, 0.4) is 0 Å². The molecule has 1 heterocycles. The highest BCUT2D eigenvalue weighted by Gasteiger charge is 2.17. The molecule has 0 radical (unpaired) electrons. The van der Waals surface area contributed by atoms with Gasteiger partial charge in [-0.15, -0.1) is 0 Å². The van der Waals surface area contributed by atoms with E-state index in [2.05, 4.69) is 29.0 Å². The predicted octanol–water partition coefficient (Wildman–Crippen LogP) is 3.84. The lowest BCUT2D eigenvalue weighted by Gasteiger charge is -2.29. The number of fused-ring (bicyclic) bond motifs is 1. The number of rotatable bonds is 4. The molecule has 118 valence electrons. The van der Waals surface area contributed by atoms with Gasteiger partial charge in [0.05, 0.1) is 11.0 Å². The lowest BCUT2D eigenvalue weighted by molar-refractivity contribution is -0.129. The number of nitrogens with one attached hydrogen (secondary N) is 1. The number of aromatic nitrogens is 2. The summed E-state index contributed by atoms with van der Waals surface area (Å²) in [5.74, 6) is 0.725. The van der Waals surface area contributed by atoms with Crippen LogP contribution in [0.15, 0.2) is 18.2 Å². The first-order chi connectivity index (χ1) is 10.3. The third-order valence-electron chi connectivity index (χ3n) is 3.69. The molecule has 0 aliphatic heterocycles. The third kappa shape index (κ3) is 3.38. The Morgan fingerprint density at radius 1 is 1.18 bits per heavy atom. The minimum atomic E-state index is 0.0124. The van der Waals surface area contributed by atoms with Crippen molar-refractivity contribution in [3.05, 3.63) is 35.2 Å². The van der Waals surface area contributed by atoms with Crippen LogP contribution in [0, 0.1) is 13.8 Å². The number of carbonyl (C=O) groups is 1. The van der Waals surface area contributed by atoms with Crippen molar-refractivity contribution in [2.24, 2.45) is 0 Å². The lowest BCUT2D eigenvalue weighted by Crippen LogP contribution is -2.41. The van der Waals surface area contributed by atoms with E-state index in [4.69, 9.17) is 0 Å². The van der Waals surface area contributed by atoms with Crippen molar-refractivity contribution >= 4 is 23.0 Å². The molecule has 1 amide bonds. The summed E-state index contributed by atoms with van der Waals surface area (Å²) < 4.78 is 0. The summed E-state index contributed by atoms with van der Waals surface area (Å²) in [6.45, 7) is 12.2. The Bertz CT molecular complexity index is 702. The molecule has 0 saturated carbocycles. The van der Waals surface area contributed by atoms with Crippen molar-refractivity contribution in [2.75, 3.05) is 0 Å². The second-order valence-corrected chi connectivity index (χ2v) is 6.37. The van der Waals surface area contributed by atoms with Gasteiger partial charge in [0.2, 0.25) is 5.91 Å². The van der Waals surface area contributed by atoms with Crippen molar-refractivity contribution < 1.29 is 4.79 Å². The fourth-order valence-electron chi connectivity index (χ4n) is 2.91. The minimum Gasteiger partial charge on any atom is -0.338 e. The summed E-state index contributed by atoms with van der Waals surface area (Å²) in [5, 5.41) is 0. The Kier molecular flexibility index (Phi) is 4.69. The van der Waals surface area contributed by atoms with Gasteiger partial charge in [-0.1, -0.05) is 6.07 Å². The van der Waals surface area contributed by atoms with Gasteiger partial charge >= 0.3 is 0 Å². The Hall–Kier alpha value is -2.10. The molecule has 0 unspecified atom stereocenters. The number of nitrogens with zero attached hydrogens (tertiary/aromatic N) is 2. The number of imidazole rings is 1. The first-order valence-electron chi connectivity index (χ1n) is 7.77. The van der Waals surface area contributed by atoms with Crippen LogP contribution in [0.2, 0.25) is 0 Å². The number of carbonyl (C=O) groups excluding carboxylic acids is 1. The first-order valence-corrected chi connectivity index (χ1v) is 7.77. The van der Waals surface area contributed by atoms with E-state index < -0.39 is 0 Å². The van der Waals surface area contributed by atoms with Gasteiger partial charge in [-0.05, 0) is 64.8 Å². The zero-order chi connectivity index (χ0) is 16.4. The van der Waals surface area contributed by atoms with Crippen molar-refractivity contribution in [1.29, 1.82) is 0 Å². The maximum absolute atomic E-state index is 12.3. The SMILES string of the molecule is Cc1cc(C)c2nc(C=CC(=O)N(C(C)C)C(C)C)[nH]c2c1. The van der Waals surface area contributed by atoms with E-state index in [9.17, 15) is 4.79 Å². The van der Waals surface area contributed by atoms with Crippen molar-refractivity contribution in [2.45, 2.75) is 53.6 Å². The van der Waals surface area contributed by atoms with E-state index in [-0.39, 0.29) is 18.0 Å². The lowest BCUT2D eigenvalue weighted by atomic mass is 10.1. The van der Waals surface area contributed by atoms with Crippen LogP contribution >= 0.6 is 0 Å². The van der Waals surface area contributed by atoms with Gasteiger partial charge < -0.3 is 9.88 Å². The number of aromatic amines is 1. The summed E-state index contributed by atoms with van der Waals surface area (Å²) in [5.41, 5.74) is 4.31. The van der Waals surface area contributed by atoms with E-state index >= 15 is 0 Å². The average Bonchev–Trinajstić information content (AvgIpc) is 2.78. The highest BCUT2D eigenvalue weighted by Crippen LogP contribution is 2.19. The van der Waals surface area contributed by atoms with Gasteiger partial charge in [-0.3, -0.25) is 4.79 Å². The zero-order valence-electron chi connectivity index (χ0n) is 14.3. The Labute approximate surface area is 132 Å². The molecule has 0 atom stereocenters. The molecule has 2 aromatic rings. The minimum absolute atomic E-state index is 0.0124. The fraction of sp³-hybridized carbons (Fsp3) is 0.444. The normalized spacial score (nSPS) is 12.0. The van der Waals surface area contributed by atoms with Crippen LogP contribution in [-0.4, -0.2) is 32.9 Å². The molecule has 0 aliphatic rings. The highest BCUT2D eigenvalue weighted by atomic mass is 16.2. The van der Waals surface area contributed by atoms with E-state index in [1.807, 2.05) is 39.5 Å². The second-order valence-electron chi connectivity index (χ2n) is 6.37.